The molecule has 4 rings (SSSR count). The summed E-state index contributed by atoms with van der Waals surface area (Å²) in [6.07, 6.45) is 0.247. The van der Waals surface area contributed by atoms with Crippen molar-refractivity contribution in [2.45, 2.75) is 12.3 Å². The van der Waals surface area contributed by atoms with Crippen molar-refractivity contribution in [2.24, 2.45) is 5.41 Å². The fourth-order valence-electron chi connectivity index (χ4n) is 3.92. The molecule has 0 bridgehead atoms. The summed E-state index contributed by atoms with van der Waals surface area (Å²) in [6.45, 7) is 0. The summed E-state index contributed by atoms with van der Waals surface area (Å²) in [5.74, 6) is -1.76. The molecular weight excluding hydrogens is 427 g/mol. The zero-order valence-electron chi connectivity index (χ0n) is 16.2. The van der Waals surface area contributed by atoms with Crippen LogP contribution in [0.3, 0.4) is 0 Å². The fraction of sp³-hybridized carbons (Fsp3) is 0.227. The molecule has 1 aliphatic carbocycles. The third kappa shape index (κ3) is 3.07. The minimum Gasteiger partial charge on any atom is -0.468 e. The number of benzene rings is 2. The van der Waals surface area contributed by atoms with Crippen molar-refractivity contribution in [1.29, 1.82) is 0 Å². The van der Waals surface area contributed by atoms with Crippen molar-refractivity contribution in [2.75, 3.05) is 14.2 Å². The van der Waals surface area contributed by atoms with Crippen molar-refractivity contribution in [3.63, 3.8) is 0 Å². The SMILES string of the molecule is COC(=O)C1(C(=O)OC)CC1c1c(-c2ccccc2)n[nH]c1-c1cccc(Cl)c1Cl. The smallest absolute Gasteiger partial charge is 0.323 e. The van der Waals surface area contributed by atoms with Gasteiger partial charge in [0.25, 0.3) is 0 Å². The second kappa shape index (κ2) is 7.78. The molecule has 0 saturated heterocycles. The van der Waals surface area contributed by atoms with Crippen molar-refractivity contribution >= 4 is 35.1 Å². The molecule has 0 spiro atoms. The number of carbonyl (C=O) groups is 2. The summed E-state index contributed by atoms with van der Waals surface area (Å²) in [5, 5.41) is 8.27. The molecule has 2 aromatic carbocycles. The Balaban J connectivity index is 1.94. The normalized spacial score (nSPS) is 16.7. The summed E-state index contributed by atoms with van der Waals surface area (Å²) >= 11 is 12.7. The number of esters is 2. The van der Waals surface area contributed by atoms with Crippen LogP contribution in [0.1, 0.15) is 17.9 Å². The first kappa shape index (κ1) is 20.4. The van der Waals surface area contributed by atoms with E-state index >= 15 is 0 Å². The van der Waals surface area contributed by atoms with Gasteiger partial charge in [-0.05, 0) is 12.5 Å². The van der Waals surface area contributed by atoms with Crippen LogP contribution in [0.15, 0.2) is 48.5 Å². The third-order valence-corrected chi connectivity index (χ3v) is 6.30. The van der Waals surface area contributed by atoms with Crippen LogP contribution in [-0.4, -0.2) is 36.4 Å². The van der Waals surface area contributed by atoms with Gasteiger partial charge < -0.3 is 9.47 Å². The monoisotopic (exact) mass is 444 g/mol. The van der Waals surface area contributed by atoms with E-state index in [1.807, 2.05) is 30.3 Å². The lowest BCUT2D eigenvalue weighted by atomic mass is 9.93. The first-order valence-electron chi connectivity index (χ1n) is 9.20. The van der Waals surface area contributed by atoms with Gasteiger partial charge in [-0.3, -0.25) is 14.7 Å². The van der Waals surface area contributed by atoms with E-state index in [0.29, 0.717) is 32.6 Å². The maximum atomic E-state index is 12.6. The number of methoxy groups -OCH3 is 2. The lowest BCUT2D eigenvalue weighted by Crippen LogP contribution is -2.30. The second-order valence-corrected chi connectivity index (χ2v) is 7.82. The van der Waals surface area contributed by atoms with Gasteiger partial charge in [0.15, 0.2) is 5.41 Å². The number of aromatic nitrogens is 2. The number of rotatable bonds is 5. The Hall–Kier alpha value is -2.83. The predicted octanol–water partition coefficient (Wildman–Crippen LogP) is 4.87. The Labute approximate surface area is 183 Å². The summed E-state index contributed by atoms with van der Waals surface area (Å²) in [7, 11) is 2.51. The second-order valence-electron chi connectivity index (χ2n) is 7.04. The number of carbonyl (C=O) groups excluding carboxylic acids is 2. The minimum absolute atomic E-state index is 0.247. The van der Waals surface area contributed by atoms with Crippen LogP contribution in [0.2, 0.25) is 10.0 Å². The Morgan fingerprint density at radius 1 is 1.03 bits per heavy atom. The molecule has 8 heteroatoms. The minimum atomic E-state index is -1.42. The zero-order chi connectivity index (χ0) is 21.5. The number of H-pyrrole nitrogens is 1. The van der Waals surface area contributed by atoms with Gasteiger partial charge in [0.2, 0.25) is 0 Å². The standard InChI is InChI=1S/C22H18Cl2N2O4/c1-29-20(27)22(21(28)30-2)11-14(22)16-18(12-7-4-3-5-8-12)25-26-19(16)13-9-6-10-15(23)17(13)24/h3-10,14H,11H2,1-2H3,(H,25,26). The van der Waals surface area contributed by atoms with Crippen LogP contribution in [0, 0.1) is 5.41 Å². The van der Waals surface area contributed by atoms with E-state index < -0.39 is 23.3 Å². The van der Waals surface area contributed by atoms with Crippen molar-refractivity contribution in [3.05, 3.63) is 64.1 Å². The van der Waals surface area contributed by atoms with E-state index in [9.17, 15) is 9.59 Å². The number of nitrogens with one attached hydrogen (secondary N) is 1. The molecule has 0 radical (unpaired) electrons. The Bertz CT molecular complexity index is 1110. The van der Waals surface area contributed by atoms with E-state index in [-0.39, 0.29) is 6.42 Å². The van der Waals surface area contributed by atoms with Crippen LogP contribution >= 0.6 is 23.2 Å². The molecule has 1 saturated carbocycles. The highest BCUT2D eigenvalue weighted by Gasteiger charge is 2.69. The fourth-order valence-corrected chi connectivity index (χ4v) is 4.31. The molecule has 1 aromatic heterocycles. The molecular formula is C22H18Cl2N2O4. The van der Waals surface area contributed by atoms with Gasteiger partial charge in [0.1, 0.15) is 0 Å². The number of aromatic amines is 1. The van der Waals surface area contributed by atoms with Gasteiger partial charge in [-0.1, -0.05) is 65.7 Å². The number of hydrogen-bond acceptors (Lipinski definition) is 5. The average Bonchev–Trinajstić information content (AvgIpc) is 3.38. The van der Waals surface area contributed by atoms with Gasteiger partial charge in [-0.2, -0.15) is 5.10 Å². The van der Waals surface area contributed by atoms with Crippen LogP contribution < -0.4 is 0 Å². The highest BCUT2D eigenvalue weighted by molar-refractivity contribution is 6.43. The Morgan fingerprint density at radius 2 is 1.70 bits per heavy atom. The molecule has 0 amide bonds. The summed E-state index contributed by atoms with van der Waals surface area (Å²) in [5.41, 5.74) is 1.97. The lowest BCUT2D eigenvalue weighted by molar-refractivity contribution is -0.161. The number of ether oxygens (including phenoxy) is 2. The summed E-state index contributed by atoms with van der Waals surface area (Å²) < 4.78 is 9.89. The topological polar surface area (TPSA) is 81.3 Å². The van der Waals surface area contributed by atoms with E-state index in [1.54, 1.807) is 18.2 Å². The molecule has 1 fully saturated rings. The quantitative estimate of drug-likeness (QED) is 0.448. The molecule has 1 heterocycles. The van der Waals surface area contributed by atoms with Crippen LogP contribution in [0.25, 0.3) is 22.5 Å². The molecule has 6 nitrogen and oxygen atoms in total. The molecule has 154 valence electrons. The zero-order valence-corrected chi connectivity index (χ0v) is 17.8. The molecule has 3 aromatic rings. The highest BCUT2D eigenvalue weighted by Crippen LogP contribution is 2.63. The molecule has 30 heavy (non-hydrogen) atoms. The molecule has 1 atom stereocenters. The number of hydrogen-bond donors (Lipinski definition) is 1. The molecule has 1 aliphatic rings. The predicted molar refractivity (Wildman–Crippen MR) is 113 cm³/mol. The average molecular weight is 445 g/mol. The maximum Gasteiger partial charge on any atom is 0.323 e. The van der Waals surface area contributed by atoms with Crippen molar-refractivity contribution in [1.82, 2.24) is 10.2 Å². The van der Waals surface area contributed by atoms with E-state index in [2.05, 4.69) is 10.2 Å². The van der Waals surface area contributed by atoms with Gasteiger partial charge in [0, 0.05) is 22.6 Å². The third-order valence-electron chi connectivity index (χ3n) is 5.48. The van der Waals surface area contributed by atoms with Crippen LogP contribution in [0.4, 0.5) is 0 Å². The maximum absolute atomic E-state index is 12.6. The van der Waals surface area contributed by atoms with Gasteiger partial charge in [0.05, 0.1) is 35.7 Å². The van der Waals surface area contributed by atoms with Crippen LogP contribution in [0.5, 0.6) is 0 Å². The number of halogens is 2. The molecule has 1 N–H and O–H groups in total. The first-order chi connectivity index (χ1) is 14.5. The summed E-state index contributed by atoms with van der Waals surface area (Å²) in [4.78, 5) is 25.2. The van der Waals surface area contributed by atoms with E-state index in [4.69, 9.17) is 32.7 Å². The van der Waals surface area contributed by atoms with E-state index in [0.717, 1.165) is 5.56 Å². The van der Waals surface area contributed by atoms with Crippen molar-refractivity contribution in [3.8, 4) is 22.5 Å². The summed E-state index contributed by atoms with van der Waals surface area (Å²) in [6, 6.07) is 14.8. The highest BCUT2D eigenvalue weighted by atomic mass is 35.5. The van der Waals surface area contributed by atoms with Gasteiger partial charge in [-0.25, -0.2) is 0 Å². The Morgan fingerprint density at radius 3 is 2.33 bits per heavy atom. The lowest BCUT2D eigenvalue weighted by Gasteiger charge is -2.14. The Kier molecular flexibility index (Phi) is 5.30. The van der Waals surface area contributed by atoms with E-state index in [1.165, 1.54) is 14.2 Å². The first-order valence-corrected chi connectivity index (χ1v) is 9.96. The molecule has 0 aliphatic heterocycles. The van der Waals surface area contributed by atoms with Crippen LogP contribution in [-0.2, 0) is 19.1 Å². The van der Waals surface area contributed by atoms with Gasteiger partial charge in [-0.15, -0.1) is 0 Å². The number of nitrogens with zero attached hydrogens (tertiary/aromatic N) is 1. The molecule has 1 unspecified atom stereocenters. The van der Waals surface area contributed by atoms with Crippen molar-refractivity contribution < 1.29 is 19.1 Å². The van der Waals surface area contributed by atoms with Gasteiger partial charge >= 0.3 is 11.9 Å². The largest absolute Gasteiger partial charge is 0.468 e.